The van der Waals surface area contributed by atoms with Crippen LogP contribution in [0.25, 0.3) is 0 Å². The van der Waals surface area contributed by atoms with Crippen LogP contribution in [-0.2, 0) is 7.05 Å². The van der Waals surface area contributed by atoms with E-state index in [4.69, 9.17) is 0 Å². The number of rotatable bonds is 1. The van der Waals surface area contributed by atoms with Gasteiger partial charge < -0.3 is 0 Å². The number of hydrogen-bond acceptors (Lipinski definition) is 1. The molecule has 1 heterocycles. The lowest BCUT2D eigenvalue weighted by Crippen LogP contribution is -2.27. The molecule has 0 unspecified atom stereocenters. The molecule has 16 heavy (non-hydrogen) atoms. The van der Waals surface area contributed by atoms with E-state index in [0.717, 1.165) is 5.69 Å². The third-order valence-electron chi connectivity index (χ3n) is 2.13. The fraction of sp³-hybridized carbons (Fsp3) is 0.167. The molecule has 2 rings (SSSR count). The lowest BCUT2D eigenvalue weighted by Gasteiger charge is -1.89. The summed E-state index contributed by atoms with van der Waals surface area (Å²) in [5.74, 6) is 1.18. The molecule has 2 aromatic rings. The number of halogens is 1. The van der Waals surface area contributed by atoms with Crippen molar-refractivity contribution in [2.75, 3.05) is 0 Å². The summed E-state index contributed by atoms with van der Waals surface area (Å²) in [6, 6.07) is 7.89. The molecule has 1 aromatic heterocycles. The summed E-state index contributed by atoms with van der Waals surface area (Å²) in [5, 5.41) is 0. The molecule has 0 amide bonds. The largest absolute Gasteiger partial charge is 0.265 e. The van der Waals surface area contributed by atoms with E-state index in [1.54, 1.807) is 0 Å². The van der Waals surface area contributed by atoms with Gasteiger partial charge >= 0.3 is 0 Å². The van der Waals surface area contributed by atoms with Crippen molar-refractivity contribution in [3.8, 4) is 0 Å². The fourth-order valence-corrected chi connectivity index (χ4v) is 1.39. The number of aromatic nitrogens is 2. The van der Waals surface area contributed by atoms with E-state index in [-0.39, 0.29) is 0 Å². The molecule has 1 N–H and O–H groups in total. The molecule has 0 bridgehead atoms. The normalized spacial score (nSPS) is 9.19. The van der Waals surface area contributed by atoms with Gasteiger partial charge in [0.15, 0.2) is 0 Å². The minimum Gasteiger partial charge on any atom is -0.265 e. The summed E-state index contributed by atoms with van der Waals surface area (Å²) in [4.78, 5) is 6.79. The van der Waals surface area contributed by atoms with E-state index >= 15 is 0 Å². The third-order valence-corrected chi connectivity index (χ3v) is 2.85. The van der Waals surface area contributed by atoms with Crippen molar-refractivity contribution in [2.45, 2.75) is 6.92 Å². The van der Waals surface area contributed by atoms with Crippen LogP contribution < -0.4 is 4.57 Å². The predicted octanol–water partition coefficient (Wildman–Crippen LogP) is 2.77. The Morgan fingerprint density at radius 1 is 1.31 bits per heavy atom. The molecule has 1 aromatic carbocycles. The van der Waals surface area contributed by atoms with Crippen molar-refractivity contribution in [3.05, 3.63) is 46.1 Å². The zero-order chi connectivity index (χ0) is 12.0. The molecule has 0 radical (unpaired) electrons. The van der Waals surface area contributed by atoms with E-state index in [2.05, 4.69) is 39.3 Å². The third kappa shape index (κ3) is 4.14. The van der Waals surface area contributed by atoms with Gasteiger partial charge in [-0.05, 0) is 53.6 Å². The van der Waals surface area contributed by atoms with Gasteiger partial charge in [-0.1, -0.05) is 0 Å². The van der Waals surface area contributed by atoms with Crippen molar-refractivity contribution in [1.82, 2.24) is 4.98 Å². The Bertz CT molecular complexity index is 429. The van der Waals surface area contributed by atoms with Crippen LogP contribution in [0.1, 0.15) is 5.82 Å². The highest BCUT2D eigenvalue weighted by Crippen LogP contribution is 2.12. The average molecular weight is 328 g/mol. The fourth-order valence-electron chi connectivity index (χ4n) is 1.03. The van der Waals surface area contributed by atoms with Gasteiger partial charge in [-0.25, -0.2) is 9.55 Å². The zero-order valence-corrected chi connectivity index (χ0v) is 11.6. The molecule has 0 aliphatic carbocycles. The number of H-pyrrole nitrogens is 1. The van der Waals surface area contributed by atoms with Gasteiger partial charge in [0, 0.05) is 10.5 Å². The molecule has 0 spiro atoms. The lowest BCUT2D eigenvalue weighted by atomic mass is 10.3. The number of benzene rings is 1. The molecule has 0 saturated carbocycles. The molecule has 0 aliphatic heterocycles. The summed E-state index contributed by atoms with van der Waals surface area (Å²) in [5.41, 5.74) is 0.926. The summed E-state index contributed by atoms with van der Waals surface area (Å²) in [6.45, 7) is 5.44. The van der Waals surface area contributed by atoms with E-state index < -0.39 is 0 Å². The summed E-state index contributed by atoms with van der Waals surface area (Å²) in [7, 11) is 2.01. The van der Waals surface area contributed by atoms with E-state index in [0.29, 0.717) is 0 Å². The molecule has 84 valence electrons. The smallest absolute Gasteiger partial charge is 0.250 e. The number of nitrogens with one attached hydrogen (secondary N) is 1. The van der Waals surface area contributed by atoms with Gasteiger partial charge in [-0.2, -0.15) is 0 Å². The van der Waals surface area contributed by atoms with Crippen LogP contribution in [0.2, 0.25) is 0 Å². The van der Waals surface area contributed by atoms with Crippen LogP contribution in [0.4, 0.5) is 5.69 Å². The van der Waals surface area contributed by atoms with E-state index in [9.17, 15) is 0 Å². The number of aromatic amines is 1. The maximum Gasteiger partial charge on any atom is 0.250 e. The monoisotopic (exact) mass is 328 g/mol. The highest BCUT2D eigenvalue weighted by Gasteiger charge is 1.93. The van der Waals surface area contributed by atoms with Crippen LogP contribution in [0, 0.1) is 10.5 Å². The predicted molar refractivity (Wildman–Crippen MR) is 75.1 cm³/mol. The average Bonchev–Trinajstić information content (AvgIpc) is 2.65. The van der Waals surface area contributed by atoms with Crippen molar-refractivity contribution in [3.63, 3.8) is 0 Å². The highest BCUT2D eigenvalue weighted by atomic mass is 127. The summed E-state index contributed by atoms with van der Waals surface area (Å²) >= 11 is 2.25. The van der Waals surface area contributed by atoms with E-state index in [1.165, 1.54) is 9.39 Å². The SMILES string of the molecule is C=Nc1ccc(I)cc1.Cc1[nH]cc[n+]1C. The Morgan fingerprint density at radius 2 is 1.94 bits per heavy atom. The molecule has 4 heteroatoms. The molecule has 0 atom stereocenters. The second kappa shape index (κ2) is 6.42. The zero-order valence-electron chi connectivity index (χ0n) is 9.44. The van der Waals surface area contributed by atoms with Gasteiger partial charge in [0.1, 0.15) is 12.4 Å². The first-order chi connectivity index (χ1) is 7.63. The van der Waals surface area contributed by atoms with Gasteiger partial charge in [0.05, 0.1) is 12.7 Å². The number of aryl methyl sites for hydroxylation is 2. The molecule has 0 saturated heterocycles. The van der Waals surface area contributed by atoms with Gasteiger partial charge in [0.25, 0.3) is 5.82 Å². The Morgan fingerprint density at radius 3 is 2.25 bits per heavy atom. The topological polar surface area (TPSA) is 32.0 Å². The summed E-state index contributed by atoms with van der Waals surface area (Å²) in [6.07, 6.45) is 3.89. The number of imidazole rings is 1. The Kier molecular flexibility index (Phi) is 5.18. The number of aliphatic imine (C=N–C) groups is 1. The van der Waals surface area contributed by atoms with Crippen LogP contribution in [0.3, 0.4) is 0 Å². The van der Waals surface area contributed by atoms with Gasteiger partial charge in [-0.15, -0.1) is 0 Å². The van der Waals surface area contributed by atoms with Crippen molar-refractivity contribution >= 4 is 35.0 Å². The molecule has 3 nitrogen and oxygen atoms in total. The standard InChI is InChI=1S/C7H6IN.C5H8N2/c1-9-7-4-2-6(8)3-5-7;1-5-6-3-4-7(5)2/h2-5H,1H2;3-4H,1-2H3/p+1. The number of hydrogen-bond donors (Lipinski definition) is 1. The maximum absolute atomic E-state index is 3.76. The minimum absolute atomic E-state index is 0.926. The summed E-state index contributed by atoms with van der Waals surface area (Å²) < 4.78 is 3.25. The maximum atomic E-state index is 3.76. The first-order valence-electron chi connectivity index (χ1n) is 4.85. The van der Waals surface area contributed by atoms with Crippen molar-refractivity contribution < 1.29 is 4.57 Å². The second-order valence-electron chi connectivity index (χ2n) is 3.29. The molecule has 0 aliphatic rings. The van der Waals surface area contributed by atoms with Crippen LogP contribution in [0.15, 0.2) is 41.7 Å². The van der Waals surface area contributed by atoms with Crippen molar-refractivity contribution in [1.29, 1.82) is 0 Å². The van der Waals surface area contributed by atoms with Crippen LogP contribution in [-0.4, -0.2) is 11.7 Å². The second-order valence-corrected chi connectivity index (χ2v) is 4.54. The Balaban J connectivity index is 0.000000165. The van der Waals surface area contributed by atoms with Gasteiger partial charge in [0.2, 0.25) is 0 Å². The lowest BCUT2D eigenvalue weighted by molar-refractivity contribution is -0.676. The van der Waals surface area contributed by atoms with Crippen molar-refractivity contribution in [2.24, 2.45) is 12.0 Å². The van der Waals surface area contributed by atoms with E-state index in [1.807, 2.05) is 55.2 Å². The van der Waals surface area contributed by atoms with Crippen LogP contribution in [0.5, 0.6) is 0 Å². The minimum atomic E-state index is 0.926. The first kappa shape index (κ1) is 12.9. The quantitative estimate of drug-likeness (QED) is 0.474. The molecule has 0 fully saturated rings. The Hall–Kier alpha value is -1.17. The van der Waals surface area contributed by atoms with Crippen LogP contribution >= 0.6 is 22.6 Å². The molecular formula is C12H15IN3+. The highest BCUT2D eigenvalue weighted by molar-refractivity contribution is 14.1. The van der Waals surface area contributed by atoms with Gasteiger partial charge in [-0.3, -0.25) is 4.99 Å². The first-order valence-corrected chi connectivity index (χ1v) is 5.93. The molecular weight excluding hydrogens is 313 g/mol. The Labute approximate surface area is 109 Å². The number of nitrogens with zero attached hydrogens (tertiary/aromatic N) is 2.